The maximum atomic E-state index is 12.4. The fourth-order valence-electron chi connectivity index (χ4n) is 2.09. The molecule has 0 spiro atoms. The Bertz CT molecular complexity index is 611. The van der Waals surface area contributed by atoms with Crippen LogP contribution < -0.4 is 16.0 Å². The molecule has 0 radical (unpaired) electrons. The van der Waals surface area contributed by atoms with Gasteiger partial charge < -0.3 is 9.73 Å². The van der Waals surface area contributed by atoms with Gasteiger partial charge in [-0.2, -0.15) is 0 Å². The zero-order valence-corrected chi connectivity index (χ0v) is 12.5. The standard InChI is InChI=1S/C16H19N3O3/c1-11(13-9-6-10-22-13)18-14(12-7-4-3-5-8-12)15(20)19-16(21)17-2/h3-11,14,18H,1-2H3,(H2,17,19,20,21)/t11-,14+/m0/s1. The van der Waals surface area contributed by atoms with Crippen LogP contribution in [0, 0.1) is 0 Å². The second-order valence-corrected chi connectivity index (χ2v) is 4.82. The van der Waals surface area contributed by atoms with Gasteiger partial charge in [-0.3, -0.25) is 15.4 Å². The van der Waals surface area contributed by atoms with Gasteiger partial charge in [-0.1, -0.05) is 30.3 Å². The van der Waals surface area contributed by atoms with Crippen molar-refractivity contribution in [3.8, 4) is 0 Å². The topological polar surface area (TPSA) is 83.4 Å². The van der Waals surface area contributed by atoms with Crippen LogP contribution in [0.25, 0.3) is 0 Å². The summed E-state index contributed by atoms with van der Waals surface area (Å²) in [5.41, 5.74) is 0.766. The first-order chi connectivity index (χ1) is 10.6. The van der Waals surface area contributed by atoms with E-state index in [-0.39, 0.29) is 6.04 Å². The number of nitrogens with one attached hydrogen (secondary N) is 3. The molecule has 0 fully saturated rings. The highest BCUT2D eigenvalue weighted by Crippen LogP contribution is 2.20. The number of imide groups is 1. The average Bonchev–Trinajstić information content (AvgIpc) is 3.07. The Hall–Kier alpha value is -2.60. The van der Waals surface area contributed by atoms with E-state index in [1.54, 1.807) is 12.3 Å². The van der Waals surface area contributed by atoms with Gasteiger partial charge in [0.25, 0.3) is 0 Å². The van der Waals surface area contributed by atoms with Crippen molar-refractivity contribution in [3.63, 3.8) is 0 Å². The van der Waals surface area contributed by atoms with E-state index in [1.807, 2.05) is 43.3 Å². The molecule has 0 aliphatic carbocycles. The van der Waals surface area contributed by atoms with Gasteiger partial charge in [-0.15, -0.1) is 0 Å². The lowest BCUT2D eigenvalue weighted by Crippen LogP contribution is -2.44. The second kappa shape index (κ2) is 7.42. The fraction of sp³-hybridized carbons (Fsp3) is 0.250. The molecule has 0 aliphatic heterocycles. The highest BCUT2D eigenvalue weighted by Gasteiger charge is 2.24. The van der Waals surface area contributed by atoms with Crippen molar-refractivity contribution in [2.45, 2.75) is 19.0 Å². The number of hydrogen-bond acceptors (Lipinski definition) is 4. The van der Waals surface area contributed by atoms with Gasteiger partial charge in [-0.25, -0.2) is 4.79 Å². The van der Waals surface area contributed by atoms with Crippen LogP contribution in [-0.4, -0.2) is 19.0 Å². The third-order valence-corrected chi connectivity index (χ3v) is 3.25. The first-order valence-electron chi connectivity index (χ1n) is 6.98. The van der Waals surface area contributed by atoms with Crippen molar-refractivity contribution >= 4 is 11.9 Å². The normalized spacial score (nSPS) is 13.2. The molecule has 1 aromatic carbocycles. The Balaban J connectivity index is 2.18. The predicted octanol–water partition coefficient (Wildman–Crippen LogP) is 2.13. The Kier molecular flexibility index (Phi) is 5.32. The summed E-state index contributed by atoms with van der Waals surface area (Å²) >= 11 is 0. The van der Waals surface area contributed by atoms with E-state index in [1.165, 1.54) is 7.05 Å². The van der Waals surface area contributed by atoms with E-state index < -0.39 is 18.0 Å². The summed E-state index contributed by atoms with van der Waals surface area (Å²) in [7, 11) is 1.46. The van der Waals surface area contributed by atoms with E-state index in [2.05, 4.69) is 16.0 Å². The number of amides is 3. The quantitative estimate of drug-likeness (QED) is 0.790. The van der Waals surface area contributed by atoms with Crippen molar-refractivity contribution in [2.75, 3.05) is 7.05 Å². The van der Waals surface area contributed by atoms with Crippen molar-refractivity contribution in [1.82, 2.24) is 16.0 Å². The van der Waals surface area contributed by atoms with Crippen LogP contribution in [0.1, 0.15) is 30.3 Å². The Morgan fingerprint density at radius 2 is 1.82 bits per heavy atom. The molecule has 2 rings (SSSR count). The predicted molar refractivity (Wildman–Crippen MR) is 82.0 cm³/mol. The minimum atomic E-state index is -0.668. The lowest BCUT2D eigenvalue weighted by Gasteiger charge is -2.21. The van der Waals surface area contributed by atoms with E-state index in [9.17, 15) is 9.59 Å². The molecule has 1 aromatic heterocycles. The first kappa shape index (κ1) is 15.8. The van der Waals surface area contributed by atoms with Crippen LogP contribution in [0.5, 0.6) is 0 Å². The number of rotatable bonds is 5. The Labute approximate surface area is 128 Å². The molecule has 3 N–H and O–H groups in total. The lowest BCUT2D eigenvalue weighted by atomic mass is 10.0. The van der Waals surface area contributed by atoms with E-state index in [4.69, 9.17) is 4.42 Å². The molecular formula is C16H19N3O3. The van der Waals surface area contributed by atoms with Gasteiger partial charge >= 0.3 is 6.03 Å². The number of hydrogen-bond donors (Lipinski definition) is 3. The van der Waals surface area contributed by atoms with Crippen molar-refractivity contribution in [2.24, 2.45) is 0 Å². The van der Waals surface area contributed by atoms with Crippen LogP contribution in [0.4, 0.5) is 4.79 Å². The summed E-state index contributed by atoms with van der Waals surface area (Å²) in [6, 6.07) is 11.4. The molecule has 6 nitrogen and oxygen atoms in total. The average molecular weight is 301 g/mol. The van der Waals surface area contributed by atoms with Crippen LogP contribution in [0.3, 0.4) is 0 Å². The maximum Gasteiger partial charge on any atom is 0.321 e. The maximum absolute atomic E-state index is 12.4. The third kappa shape index (κ3) is 3.95. The molecule has 0 aliphatic rings. The van der Waals surface area contributed by atoms with Crippen molar-refractivity contribution in [3.05, 3.63) is 60.1 Å². The summed E-state index contributed by atoms with van der Waals surface area (Å²) in [5.74, 6) is 0.289. The minimum absolute atomic E-state index is 0.185. The Morgan fingerprint density at radius 3 is 2.41 bits per heavy atom. The Morgan fingerprint density at radius 1 is 1.09 bits per heavy atom. The van der Waals surface area contributed by atoms with E-state index in [0.29, 0.717) is 5.76 Å². The molecule has 2 atom stereocenters. The van der Waals surface area contributed by atoms with Crippen LogP contribution in [0.2, 0.25) is 0 Å². The van der Waals surface area contributed by atoms with Crippen molar-refractivity contribution in [1.29, 1.82) is 0 Å². The fourth-order valence-corrected chi connectivity index (χ4v) is 2.09. The monoisotopic (exact) mass is 301 g/mol. The van der Waals surface area contributed by atoms with Gasteiger partial charge in [0.2, 0.25) is 5.91 Å². The molecule has 0 unspecified atom stereocenters. The summed E-state index contributed by atoms with van der Waals surface area (Å²) < 4.78 is 5.34. The molecule has 22 heavy (non-hydrogen) atoms. The summed E-state index contributed by atoms with van der Waals surface area (Å²) in [4.78, 5) is 23.7. The first-order valence-corrected chi connectivity index (χ1v) is 6.98. The van der Waals surface area contributed by atoms with Gasteiger partial charge in [0.05, 0.1) is 12.3 Å². The second-order valence-electron chi connectivity index (χ2n) is 4.82. The molecular weight excluding hydrogens is 282 g/mol. The van der Waals surface area contributed by atoms with Crippen molar-refractivity contribution < 1.29 is 14.0 Å². The highest BCUT2D eigenvalue weighted by molar-refractivity contribution is 5.97. The smallest absolute Gasteiger partial charge is 0.321 e. The molecule has 1 heterocycles. The van der Waals surface area contributed by atoms with Gasteiger partial charge in [0.1, 0.15) is 11.8 Å². The zero-order chi connectivity index (χ0) is 15.9. The number of benzene rings is 1. The molecule has 0 saturated carbocycles. The molecule has 6 heteroatoms. The van der Waals surface area contributed by atoms with Crippen LogP contribution in [-0.2, 0) is 4.79 Å². The minimum Gasteiger partial charge on any atom is -0.468 e. The van der Waals surface area contributed by atoms with Gasteiger partial charge in [0, 0.05) is 7.05 Å². The van der Waals surface area contributed by atoms with Gasteiger partial charge in [-0.05, 0) is 24.6 Å². The summed E-state index contributed by atoms with van der Waals surface area (Å²) in [6.45, 7) is 1.89. The number of carbonyl (C=O) groups is 2. The number of furan rings is 1. The van der Waals surface area contributed by atoms with E-state index >= 15 is 0 Å². The highest BCUT2D eigenvalue weighted by atomic mass is 16.3. The van der Waals surface area contributed by atoms with E-state index in [0.717, 1.165) is 5.56 Å². The van der Waals surface area contributed by atoms with Crippen LogP contribution in [0.15, 0.2) is 53.1 Å². The molecule has 3 amide bonds. The number of urea groups is 1. The molecule has 116 valence electrons. The third-order valence-electron chi connectivity index (χ3n) is 3.25. The number of carbonyl (C=O) groups excluding carboxylic acids is 2. The molecule has 2 aromatic rings. The molecule has 0 saturated heterocycles. The van der Waals surface area contributed by atoms with Crippen LogP contribution >= 0.6 is 0 Å². The lowest BCUT2D eigenvalue weighted by molar-refractivity contribution is -0.122. The largest absolute Gasteiger partial charge is 0.468 e. The summed E-state index contributed by atoms with van der Waals surface area (Å²) in [5, 5.41) is 7.84. The molecule has 0 bridgehead atoms. The zero-order valence-electron chi connectivity index (χ0n) is 12.5. The SMILES string of the molecule is CNC(=O)NC(=O)[C@H](N[C@@H](C)c1ccco1)c1ccccc1. The summed E-state index contributed by atoms with van der Waals surface area (Å²) in [6.07, 6.45) is 1.58. The van der Waals surface area contributed by atoms with Gasteiger partial charge in [0.15, 0.2) is 0 Å².